The zero-order valence-electron chi connectivity index (χ0n) is 10.9. The van der Waals surface area contributed by atoms with Crippen LogP contribution in [0.3, 0.4) is 0 Å². The van der Waals surface area contributed by atoms with Crippen LogP contribution in [0, 0.1) is 18.3 Å². The van der Waals surface area contributed by atoms with Crippen LogP contribution in [0.5, 0.6) is 0 Å². The Morgan fingerprint density at radius 1 is 1.39 bits per heavy atom. The van der Waals surface area contributed by atoms with Crippen LogP contribution >= 0.6 is 11.3 Å². The van der Waals surface area contributed by atoms with E-state index in [1.807, 2.05) is 6.92 Å². The molecule has 1 amide bonds. The summed E-state index contributed by atoms with van der Waals surface area (Å²) >= 11 is 1.55. The summed E-state index contributed by atoms with van der Waals surface area (Å²) in [5, 5.41) is 4.90. The molecular formula is C14H20N2OS. The molecule has 98 valence electrons. The molecule has 1 N–H and O–H groups in total. The van der Waals surface area contributed by atoms with Gasteiger partial charge in [0, 0.05) is 5.92 Å². The summed E-state index contributed by atoms with van der Waals surface area (Å²) in [7, 11) is 0. The molecule has 2 aliphatic carbocycles. The molecule has 2 fully saturated rings. The number of anilines is 1. The molecule has 1 aromatic rings. The molecule has 0 aromatic carbocycles. The van der Waals surface area contributed by atoms with Crippen molar-refractivity contribution in [1.29, 1.82) is 0 Å². The van der Waals surface area contributed by atoms with E-state index in [4.69, 9.17) is 0 Å². The molecule has 0 bridgehead atoms. The minimum atomic E-state index is 0.204. The highest BCUT2D eigenvalue weighted by Gasteiger charge is 2.47. The number of rotatable bonds is 2. The van der Waals surface area contributed by atoms with Gasteiger partial charge in [-0.1, -0.05) is 19.3 Å². The molecule has 1 spiro atoms. The van der Waals surface area contributed by atoms with E-state index in [-0.39, 0.29) is 11.8 Å². The van der Waals surface area contributed by atoms with Crippen LogP contribution < -0.4 is 5.32 Å². The van der Waals surface area contributed by atoms with Crippen molar-refractivity contribution in [2.75, 3.05) is 5.32 Å². The molecule has 1 aromatic heterocycles. The van der Waals surface area contributed by atoms with E-state index in [1.54, 1.807) is 17.5 Å². The highest BCUT2D eigenvalue weighted by atomic mass is 32.1. The molecule has 3 nitrogen and oxygen atoms in total. The third-order valence-electron chi connectivity index (χ3n) is 4.51. The zero-order valence-corrected chi connectivity index (χ0v) is 11.7. The second-order valence-corrected chi connectivity index (χ2v) is 7.13. The molecule has 0 atom stereocenters. The minimum absolute atomic E-state index is 0.204. The maximum Gasteiger partial charge on any atom is 0.228 e. The number of hydrogen-bond acceptors (Lipinski definition) is 3. The smallest absolute Gasteiger partial charge is 0.228 e. The number of nitrogens with zero attached hydrogens (tertiary/aromatic N) is 1. The molecule has 0 unspecified atom stereocenters. The van der Waals surface area contributed by atoms with E-state index in [2.05, 4.69) is 10.3 Å². The third kappa shape index (κ3) is 2.30. The average molecular weight is 264 g/mol. The molecule has 0 aliphatic heterocycles. The van der Waals surface area contributed by atoms with Gasteiger partial charge in [-0.15, -0.1) is 11.3 Å². The lowest BCUT2D eigenvalue weighted by molar-refractivity contribution is -0.128. The van der Waals surface area contributed by atoms with Gasteiger partial charge < -0.3 is 5.32 Å². The number of amides is 1. The van der Waals surface area contributed by atoms with Crippen molar-refractivity contribution in [3.05, 3.63) is 11.2 Å². The van der Waals surface area contributed by atoms with Crippen molar-refractivity contribution in [3.8, 4) is 0 Å². The summed E-state index contributed by atoms with van der Waals surface area (Å²) in [6, 6.07) is 0. The maximum absolute atomic E-state index is 12.1. The van der Waals surface area contributed by atoms with Crippen LogP contribution in [0.2, 0.25) is 0 Å². The molecular weight excluding hydrogens is 244 g/mol. The molecule has 0 saturated heterocycles. The molecule has 0 radical (unpaired) electrons. The Kier molecular flexibility index (Phi) is 3.14. The standard InChI is InChI=1S/C14H20N2OS/c1-10-15-9-12(18-10)16-13(17)11-7-14(8-11)5-3-2-4-6-14/h9,11H,2-8H2,1H3,(H,16,17). The first-order valence-corrected chi connectivity index (χ1v) is 7.72. The number of aryl methyl sites for hydroxylation is 1. The van der Waals surface area contributed by atoms with Gasteiger partial charge >= 0.3 is 0 Å². The number of aromatic nitrogens is 1. The average Bonchev–Trinajstić information content (AvgIpc) is 2.72. The SMILES string of the molecule is Cc1ncc(NC(=O)C2CC3(CCCCC3)C2)s1. The van der Waals surface area contributed by atoms with Crippen LogP contribution in [0.1, 0.15) is 50.0 Å². The van der Waals surface area contributed by atoms with Crippen molar-refractivity contribution >= 4 is 22.2 Å². The quantitative estimate of drug-likeness (QED) is 0.884. The van der Waals surface area contributed by atoms with Crippen molar-refractivity contribution in [2.24, 2.45) is 11.3 Å². The summed E-state index contributed by atoms with van der Waals surface area (Å²) in [5.74, 6) is 0.445. The van der Waals surface area contributed by atoms with E-state index in [1.165, 1.54) is 32.1 Å². The van der Waals surface area contributed by atoms with Crippen molar-refractivity contribution in [3.63, 3.8) is 0 Å². The summed E-state index contributed by atoms with van der Waals surface area (Å²) < 4.78 is 0. The number of carbonyl (C=O) groups is 1. The molecule has 18 heavy (non-hydrogen) atoms. The van der Waals surface area contributed by atoms with E-state index < -0.39 is 0 Å². The number of hydrogen-bond donors (Lipinski definition) is 1. The third-order valence-corrected chi connectivity index (χ3v) is 5.34. The van der Waals surface area contributed by atoms with Crippen LogP contribution in [-0.2, 0) is 4.79 Å². The largest absolute Gasteiger partial charge is 0.316 e. The van der Waals surface area contributed by atoms with Crippen molar-refractivity contribution < 1.29 is 4.79 Å². The van der Waals surface area contributed by atoms with Gasteiger partial charge in [0.1, 0.15) is 5.00 Å². The van der Waals surface area contributed by atoms with Gasteiger partial charge in [-0.05, 0) is 38.0 Å². The summed E-state index contributed by atoms with van der Waals surface area (Å²) in [4.78, 5) is 16.3. The van der Waals surface area contributed by atoms with E-state index in [0.717, 1.165) is 22.9 Å². The van der Waals surface area contributed by atoms with Crippen molar-refractivity contribution in [1.82, 2.24) is 4.98 Å². The normalized spacial score (nSPS) is 22.7. The van der Waals surface area contributed by atoms with Gasteiger partial charge in [-0.2, -0.15) is 0 Å². The Labute approximate surface area is 112 Å². The van der Waals surface area contributed by atoms with Gasteiger partial charge in [-0.3, -0.25) is 4.79 Å². The summed E-state index contributed by atoms with van der Waals surface area (Å²) in [6.07, 6.45) is 10.8. The molecule has 2 aliphatic rings. The Hall–Kier alpha value is -0.900. The Morgan fingerprint density at radius 3 is 2.72 bits per heavy atom. The maximum atomic E-state index is 12.1. The fraction of sp³-hybridized carbons (Fsp3) is 0.714. The van der Waals surface area contributed by atoms with Gasteiger partial charge in [0.25, 0.3) is 0 Å². The molecule has 1 heterocycles. The van der Waals surface area contributed by atoms with Crippen LogP contribution in [0.25, 0.3) is 0 Å². The van der Waals surface area contributed by atoms with Crippen LogP contribution in [-0.4, -0.2) is 10.9 Å². The summed E-state index contributed by atoms with van der Waals surface area (Å²) in [5.41, 5.74) is 0.532. The lowest BCUT2D eigenvalue weighted by atomic mass is 9.55. The van der Waals surface area contributed by atoms with Crippen LogP contribution in [0.4, 0.5) is 5.00 Å². The lowest BCUT2D eigenvalue weighted by Gasteiger charge is -2.49. The first kappa shape index (κ1) is 12.2. The predicted octanol–water partition coefficient (Wildman–Crippen LogP) is 3.75. The minimum Gasteiger partial charge on any atom is -0.316 e. The lowest BCUT2D eigenvalue weighted by Crippen LogP contribution is -2.44. The molecule has 2 saturated carbocycles. The first-order valence-electron chi connectivity index (χ1n) is 6.90. The monoisotopic (exact) mass is 264 g/mol. The summed E-state index contributed by atoms with van der Waals surface area (Å²) in [6.45, 7) is 1.96. The van der Waals surface area contributed by atoms with Gasteiger partial charge in [0.05, 0.1) is 11.2 Å². The topological polar surface area (TPSA) is 42.0 Å². The predicted molar refractivity (Wildman–Crippen MR) is 73.7 cm³/mol. The fourth-order valence-electron chi connectivity index (χ4n) is 3.52. The van der Waals surface area contributed by atoms with Crippen LogP contribution in [0.15, 0.2) is 6.20 Å². The van der Waals surface area contributed by atoms with Crippen molar-refractivity contribution in [2.45, 2.75) is 51.9 Å². The van der Waals surface area contributed by atoms with Gasteiger partial charge in [-0.25, -0.2) is 4.98 Å². The second-order valence-electron chi connectivity index (χ2n) is 5.90. The van der Waals surface area contributed by atoms with E-state index >= 15 is 0 Å². The highest BCUT2D eigenvalue weighted by molar-refractivity contribution is 7.15. The fourth-order valence-corrected chi connectivity index (χ4v) is 4.20. The zero-order chi connectivity index (χ0) is 12.6. The molecule has 3 rings (SSSR count). The van der Waals surface area contributed by atoms with E-state index in [9.17, 15) is 4.79 Å². The highest BCUT2D eigenvalue weighted by Crippen LogP contribution is 2.54. The van der Waals surface area contributed by atoms with Gasteiger partial charge in [0.2, 0.25) is 5.91 Å². The second kappa shape index (κ2) is 4.65. The number of carbonyl (C=O) groups excluding carboxylic acids is 1. The van der Waals surface area contributed by atoms with Gasteiger partial charge in [0.15, 0.2) is 0 Å². The Balaban J connectivity index is 1.53. The number of thiazole rings is 1. The Morgan fingerprint density at radius 2 is 2.11 bits per heavy atom. The number of nitrogens with one attached hydrogen (secondary N) is 1. The molecule has 4 heteroatoms. The Bertz CT molecular complexity index is 440. The van der Waals surface area contributed by atoms with E-state index in [0.29, 0.717) is 5.41 Å². The first-order chi connectivity index (χ1) is 8.67.